The van der Waals surface area contributed by atoms with Crippen molar-refractivity contribution in [2.45, 2.75) is 24.2 Å². The van der Waals surface area contributed by atoms with Crippen molar-refractivity contribution >= 4 is 29.3 Å². The molecule has 2 fully saturated rings. The summed E-state index contributed by atoms with van der Waals surface area (Å²) in [7, 11) is 0. The monoisotopic (exact) mass is 324 g/mol. The highest BCUT2D eigenvalue weighted by Crippen LogP contribution is 2.37. The fourth-order valence-corrected chi connectivity index (χ4v) is 4.15. The average Bonchev–Trinajstić information content (AvgIpc) is 2.95. The largest absolute Gasteiger partial charge is 0.342 e. The minimum atomic E-state index is 0.260. The zero-order valence-electron chi connectivity index (χ0n) is 12.1. The quantitative estimate of drug-likeness (QED) is 0.867. The van der Waals surface area contributed by atoms with Gasteiger partial charge in [-0.05, 0) is 55.5 Å². The van der Waals surface area contributed by atoms with Gasteiger partial charge in [-0.2, -0.15) is 0 Å². The topological polar surface area (TPSA) is 32.3 Å². The van der Waals surface area contributed by atoms with Gasteiger partial charge in [0.1, 0.15) is 0 Å². The molecule has 3 rings (SSSR count). The highest BCUT2D eigenvalue weighted by molar-refractivity contribution is 8.00. The van der Waals surface area contributed by atoms with Gasteiger partial charge in [-0.15, -0.1) is 11.8 Å². The van der Waals surface area contributed by atoms with Crippen LogP contribution in [0.4, 0.5) is 0 Å². The lowest BCUT2D eigenvalue weighted by Gasteiger charge is -2.38. The highest BCUT2D eigenvalue weighted by Gasteiger charge is 2.37. The molecule has 114 valence electrons. The summed E-state index contributed by atoms with van der Waals surface area (Å²) in [6.07, 6.45) is 3.57. The van der Waals surface area contributed by atoms with Crippen LogP contribution in [0.2, 0.25) is 5.02 Å². The lowest BCUT2D eigenvalue weighted by molar-refractivity contribution is -0.130. The summed E-state index contributed by atoms with van der Waals surface area (Å²) in [4.78, 5) is 15.4. The Morgan fingerprint density at radius 1 is 1.24 bits per heavy atom. The zero-order valence-corrected chi connectivity index (χ0v) is 13.7. The van der Waals surface area contributed by atoms with Crippen LogP contribution >= 0.6 is 23.4 Å². The van der Waals surface area contributed by atoms with E-state index in [9.17, 15) is 4.79 Å². The maximum atomic E-state index is 12.3. The van der Waals surface area contributed by atoms with Crippen LogP contribution in [0, 0.1) is 5.41 Å². The van der Waals surface area contributed by atoms with E-state index < -0.39 is 0 Å². The molecule has 0 saturated carbocycles. The van der Waals surface area contributed by atoms with E-state index in [0.29, 0.717) is 11.2 Å². The maximum absolute atomic E-state index is 12.3. The van der Waals surface area contributed by atoms with Crippen LogP contribution in [0.1, 0.15) is 19.3 Å². The number of amides is 1. The van der Waals surface area contributed by atoms with Crippen LogP contribution in [-0.2, 0) is 4.79 Å². The van der Waals surface area contributed by atoms with E-state index in [1.807, 2.05) is 29.2 Å². The molecule has 0 atom stereocenters. The van der Waals surface area contributed by atoms with Crippen LogP contribution in [0.25, 0.3) is 0 Å². The van der Waals surface area contributed by atoms with Crippen LogP contribution in [0.3, 0.4) is 0 Å². The van der Waals surface area contributed by atoms with E-state index in [0.717, 1.165) is 48.9 Å². The van der Waals surface area contributed by atoms with Crippen LogP contribution in [-0.4, -0.2) is 42.7 Å². The van der Waals surface area contributed by atoms with Gasteiger partial charge in [-0.3, -0.25) is 4.79 Å². The molecule has 1 aromatic rings. The van der Waals surface area contributed by atoms with Crippen molar-refractivity contribution < 1.29 is 4.79 Å². The molecule has 5 heteroatoms. The first-order valence-electron chi connectivity index (χ1n) is 7.54. The van der Waals surface area contributed by atoms with Crippen molar-refractivity contribution in [2.75, 3.05) is 31.9 Å². The standard InChI is InChI=1S/C16H21ClN2OS/c17-13-1-3-14(4-2-13)21-11-15(20)19-9-6-16(7-10-19)5-8-18-12-16/h1-4,18H,5-12H2. The molecule has 0 aliphatic carbocycles. The SMILES string of the molecule is O=C(CSc1ccc(Cl)cc1)N1CCC2(CCNC2)CC1. The molecule has 0 aromatic heterocycles. The molecule has 3 nitrogen and oxygen atoms in total. The molecule has 1 aromatic carbocycles. The fourth-order valence-electron chi connectivity index (χ4n) is 3.22. The second-order valence-electron chi connectivity index (χ2n) is 6.05. The van der Waals surface area contributed by atoms with E-state index in [1.165, 1.54) is 6.42 Å². The van der Waals surface area contributed by atoms with E-state index in [2.05, 4.69) is 5.32 Å². The van der Waals surface area contributed by atoms with Gasteiger partial charge in [0.05, 0.1) is 5.75 Å². The number of benzene rings is 1. The first-order chi connectivity index (χ1) is 10.2. The molecule has 2 aliphatic heterocycles. The molecular weight excluding hydrogens is 304 g/mol. The summed E-state index contributed by atoms with van der Waals surface area (Å²) in [5, 5.41) is 4.19. The summed E-state index contributed by atoms with van der Waals surface area (Å²) in [5.74, 6) is 0.781. The number of carbonyl (C=O) groups is 1. The third-order valence-corrected chi connectivity index (χ3v) is 5.93. The molecule has 2 saturated heterocycles. The lowest BCUT2D eigenvalue weighted by Crippen LogP contribution is -2.44. The number of halogens is 1. The van der Waals surface area contributed by atoms with E-state index in [1.54, 1.807) is 11.8 Å². The Kier molecular flexibility index (Phi) is 4.77. The molecule has 21 heavy (non-hydrogen) atoms. The van der Waals surface area contributed by atoms with Crippen molar-refractivity contribution in [1.82, 2.24) is 10.2 Å². The van der Waals surface area contributed by atoms with Gasteiger partial charge in [0.15, 0.2) is 0 Å². The first kappa shape index (κ1) is 15.2. The molecule has 2 aliphatic rings. The van der Waals surface area contributed by atoms with Crippen LogP contribution in [0.5, 0.6) is 0 Å². The Labute approximate surface area is 135 Å². The Morgan fingerprint density at radius 2 is 1.95 bits per heavy atom. The van der Waals surface area contributed by atoms with Gasteiger partial charge in [-0.1, -0.05) is 11.6 Å². The minimum Gasteiger partial charge on any atom is -0.342 e. The molecule has 0 radical (unpaired) electrons. The van der Waals surface area contributed by atoms with Crippen LogP contribution < -0.4 is 5.32 Å². The molecule has 1 N–H and O–H groups in total. The van der Waals surface area contributed by atoms with Gasteiger partial charge in [0.2, 0.25) is 5.91 Å². The Morgan fingerprint density at radius 3 is 2.57 bits per heavy atom. The van der Waals surface area contributed by atoms with E-state index >= 15 is 0 Å². The van der Waals surface area contributed by atoms with Gasteiger partial charge in [0.25, 0.3) is 0 Å². The number of likely N-dealkylation sites (tertiary alicyclic amines) is 1. The first-order valence-corrected chi connectivity index (χ1v) is 8.90. The van der Waals surface area contributed by atoms with Gasteiger partial charge in [-0.25, -0.2) is 0 Å². The number of hydrogen-bond donors (Lipinski definition) is 1. The van der Waals surface area contributed by atoms with Crippen molar-refractivity contribution in [3.05, 3.63) is 29.3 Å². The van der Waals surface area contributed by atoms with Gasteiger partial charge < -0.3 is 10.2 Å². The number of nitrogens with zero attached hydrogens (tertiary/aromatic N) is 1. The summed E-state index contributed by atoms with van der Waals surface area (Å²) < 4.78 is 0. The third-order valence-electron chi connectivity index (χ3n) is 4.68. The molecule has 0 unspecified atom stereocenters. The minimum absolute atomic E-state index is 0.260. The molecular formula is C16H21ClN2OS. The van der Waals surface area contributed by atoms with Crippen LogP contribution in [0.15, 0.2) is 29.2 Å². The average molecular weight is 325 g/mol. The van der Waals surface area contributed by atoms with Crippen molar-refractivity contribution in [2.24, 2.45) is 5.41 Å². The number of carbonyl (C=O) groups excluding carboxylic acids is 1. The van der Waals surface area contributed by atoms with Crippen molar-refractivity contribution in [3.63, 3.8) is 0 Å². The molecule has 1 spiro atoms. The molecule has 2 heterocycles. The normalized spacial score (nSPS) is 20.9. The van der Waals surface area contributed by atoms with E-state index in [4.69, 9.17) is 11.6 Å². The summed E-state index contributed by atoms with van der Waals surface area (Å²) in [6.45, 7) is 4.11. The third kappa shape index (κ3) is 3.74. The number of nitrogens with one attached hydrogen (secondary N) is 1. The number of thioether (sulfide) groups is 1. The molecule has 1 amide bonds. The maximum Gasteiger partial charge on any atom is 0.232 e. The summed E-state index contributed by atoms with van der Waals surface area (Å²) in [5.41, 5.74) is 0.472. The summed E-state index contributed by atoms with van der Waals surface area (Å²) in [6, 6.07) is 7.67. The van der Waals surface area contributed by atoms with Gasteiger partial charge in [0, 0.05) is 29.6 Å². The number of rotatable bonds is 3. The second kappa shape index (κ2) is 6.59. The van der Waals surface area contributed by atoms with Gasteiger partial charge >= 0.3 is 0 Å². The zero-order chi connectivity index (χ0) is 14.7. The highest BCUT2D eigenvalue weighted by atomic mass is 35.5. The number of piperidine rings is 1. The van der Waals surface area contributed by atoms with Crippen molar-refractivity contribution in [1.29, 1.82) is 0 Å². The number of hydrogen-bond acceptors (Lipinski definition) is 3. The lowest BCUT2D eigenvalue weighted by atomic mass is 9.78. The van der Waals surface area contributed by atoms with E-state index in [-0.39, 0.29) is 5.91 Å². The fraction of sp³-hybridized carbons (Fsp3) is 0.562. The second-order valence-corrected chi connectivity index (χ2v) is 7.54. The summed E-state index contributed by atoms with van der Waals surface area (Å²) >= 11 is 7.46. The Hall–Kier alpha value is -0.710. The smallest absolute Gasteiger partial charge is 0.232 e. The van der Waals surface area contributed by atoms with Crippen molar-refractivity contribution in [3.8, 4) is 0 Å². The predicted molar refractivity (Wildman–Crippen MR) is 87.9 cm³/mol. The molecule has 0 bridgehead atoms. The Bertz CT molecular complexity index is 490. The predicted octanol–water partition coefficient (Wildman–Crippen LogP) is 3.03. The Balaban J connectivity index is 1.47.